The average molecular weight is 495 g/mol. The molecule has 1 atom stereocenters. The highest BCUT2D eigenvalue weighted by atomic mass is 32.2. The molecule has 3 heterocycles. The van der Waals surface area contributed by atoms with Crippen molar-refractivity contribution < 1.29 is 17.9 Å². The van der Waals surface area contributed by atoms with Crippen molar-refractivity contribution in [3.05, 3.63) is 83.7 Å². The third kappa shape index (κ3) is 4.78. The molecule has 0 bridgehead atoms. The fourth-order valence-electron chi connectivity index (χ4n) is 3.75. The van der Waals surface area contributed by atoms with Crippen molar-refractivity contribution in [3.63, 3.8) is 0 Å². The predicted octanol–water partition coefficient (Wildman–Crippen LogP) is 3.76. The molecule has 34 heavy (non-hydrogen) atoms. The zero-order valence-electron chi connectivity index (χ0n) is 18.3. The van der Waals surface area contributed by atoms with Gasteiger partial charge >= 0.3 is 0 Å². The summed E-state index contributed by atoms with van der Waals surface area (Å²) >= 11 is 1.27. The Bertz CT molecular complexity index is 1380. The molecule has 0 saturated heterocycles. The fraction of sp³-hybridized carbons (Fsp3) is 0.208. The molecule has 1 unspecified atom stereocenters. The van der Waals surface area contributed by atoms with Crippen LogP contribution >= 0.6 is 11.8 Å². The fourth-order valence-corrected chi connectivity index (χ4v) is 6.05. The van der Waals surface area contributed by atoms with Gasteiger partial charge < -0.3 is 15.0 Å². The summed E-state index contributed by atoms with van der Waals surface area (Å²) in [5.41, 5.74) is 3.13. The number of rotatable bonds is 6. The molecule has 0 radical (unpaired) electrons. The van der Waals surface area contributed by atoms with E-state index in [9.17, 15) is 13.2 Å². The van der Waals surface area contributed by atoms with Gasteiger partial charge in [0.15, 0.2) is 5.17 Å². The third-order valence-corrected chi connectivity index (χ3v) is 7.86. The number of amides is 1. The summed E-state index contributed by atoms with van der Waals surface area (Å²) in [6, 6.07) is 18.4. The van der Waals surface area contributed by atoms with Gasteiger partial charge in [-0.1, -0.05) is 18.2 Å². The van der Waals surface area contributed by atoms with Crippen LogP contribution < -0.4 is 15.0 Å². The smallest absolute Gasteiger partial charge is 0.257 e. The average Bonchev–Trinajstić information content (AvgIpc) is 3.19. The van der Waals surface area contributed by atoms with Crippen LogP contribution in [0.25, 0.3) is 0 Å². The first kappa shape index (κ1) is 22.4. The van der Waals surface area contributed by atoms with E-state index >= 15 is 0 Å². The van der Waals surface area contributed by atoms with Gasteiger partial charge in [0.25, 0.3) is 15.9 Å². The molecule has 2 aromatic carbocycles. The number of nitrogens with zero attached hydrogens (tertiary/aromatic N) is 3. The minimum absolute atomic E-state index is 0.0130. The summed E-state index contributed by atoms with van der Waals surface area (Å²) in [6.45, 7) is 2.64. The van der Waals surface area contributed by atoms with Gasteiger partial charge in [-0.15, -0.1) is 4.40 Å². The number of benzene rings is 2. The third-order valence-electron chi connectivity index (χ3n) is 5.55. The van der Waals surface area contributed by atoms with Gasteiger partial charge in [0.1, 0.15) is 12.4 Å². The lowest BCUT2D eigenvalue weighted by molar-refractivity contribution is 0.0939. The highest BCUT2D eigenvalue weighted by Crippen LogP contribution is 2.42. The van der Waals surface area contributed by atoms with Gasteiger partial charge in [-0.25, -0.2) is 8.42 Å². The number of fused-ring (bicyclic) bond motifs is 3. The second-order valence-corrected chi connectivity index (χ2v) is 10.7. The second kappa shape index (κ2) is 9.11. The molecule has 3 aromatic rings. The van der Waals surface area contributed by atoms with Crippen molar-refractivity contribution >= 4 is 38.5 Å². The summed E-state index contributed by atoms with van der Waals surface area (Å²) in [5.74, 6) is 0.474. The second-order valence-electron chi connectivity index (χ2n) is 7.97. The molecule has 1 N–H and O–H groups in total. The van der Waals surface area contributed by atoms with Gasteiger partial charge in [-0.2, -0.15) is 0 Å². The normalized spacial score (nSPS) is 16.7. The molecule has 0 fully saturated rings. The molecule has 0 saturated carbocycles. The maximum Gasteiger partial charge on any atom is 0.257 e. The van der Waals surface area contributed by atoms with Crippen molar-refractivity contribution in [2.24, 2.45) is 4.40 Å². The van der Waals surface area contributed by atoms with Crippen molar-refractivity contribution in [2.75, 3.05) is 17.2 Å². The molecule has 10 heteroatoms. The molecule has 1 aromatic heterocycles. The molecular formula is C24H22N4O4S2. The molecular weight excluding hydrogens is 472 g/mol. The van der Waals surface area contributed by atoms with E-state index < -0.39 is 10.0 Å². The number of thioether (sulfide) groups is 1. The zero-order valence-corrected chi connectivity index (χ0v) is 20.0. The molecule has 174 valence electrons. The van der Waals surface area contributed by atoms with Crippen molar-refractivity contribution in [2.45, 2.75) is 24.5 Å². The Balaban J connectivity index is 1.26. The lowest BCUT2D eigenvalue weighted by Crippen LogP contribution is -2.35. The lowest BCUT2D eigenvalue weighted by atomic mass is 10.1. The number of pyridine rings is 1. The maximum absolute atomic E-state index is 12.9. The van der Waals surface area contributed by atoms with E-state index in [0.717, 1.165) is 21.8 Å². The molecule has 2 aliphatic heterocycles. The molecule has 1 amide bonds. The number of amidine groups is 1. The van der Waals surface area contributed by atoms with Crippen molar-refractivity contribution in [1.82, 2.24) is 10.3 Å². The summed E-state index contributed by atoms with van der Waals surface area (Å²) in [6.07, 6.45) is 1.73. The van der Waals surface area contributed by atoms with Crippen LogP contribution in [0.2, 0.25) is 0 Å². The number of ether oxygens (including phenoxy) is 1. The van der Waals surface area contributed by atoms with Crippen LogP contribution in [0.3, 0.4) is 0 Å². The van der Waals surface area contributed by atoms with Crippen molar-refractivity contribution in [1.29, 1.82) is 0 Å². The first-order valence-electron chi connectivity index (χ1n) is 10.7. The number of carbonyl (C=O) groups is 1. The van der Waals surface area contributed by atoms with E-state index in [1.165, 1.54) is 11.8 Å². The SMILES string of the molecule is CC(NC(=O)c1ccc2c(c1)SC1=NS(=O)(=O)CCN12)c1cccc(OCc2ccccn2)c1. The van der Waals surface area contributed by atoms with Crippen molar-refractivity contribution in [3.8, 4) is 5.75 Å². The summed E-state index contributed by atoms with van der Waals surface area (Å²) in [4.78, 5) is 19.9. The Morgan fingerprint density at radius 1 is 1.18 bits per heavy atom. The topological polar surface area (TPSA) is 101 Å². The Hall–Kier alpha value is -3.37. The number of carbonyl (C=O) groups excluding carboxylic acids is 1. The van der Waals surface area contributed by atoms with Crippen LogP contribution in [0.15, 0.2) is 76.2 Å². The minimum atomic E-state index is -3.42. The number of nitrogens with one attached hydrogen (secondary N) is 1. The lowest BCUT2D eigenvalue weighted by Gasteiger charge is -2.22. The molecule has 8 nitrogen and oxygen atoms in total. The monoisotopic (exact) mass is 494 g/mol. The number of anilines is 1. The predicted molar refractivity (Wildman–Crippen MR) is 132 cm³/mol. The van der Waals surface area contributed by atoms with Gasteiger partial charge in [-0.3, -0.25) is 9.78 Å². The first-order valence-corrected chi connectivity index (χ1v) is 13.2. The molecule has 0 spiro atoms. The van der Waals surface area contributed by atoms with Gasteiger partial charge in [-0.05, 0) is 66.7 Å². The van der Waals surface area contributed by atoms with Crippen LogP contribution in [0.4, 0.5) is 5.69 Å². The maximum atomic E-state index is 12.9. The molecule has 2 aliphatic rings. The summed E-state index contributed by atoms with van der Waals surface area (Å²) in [7, 11) is -3.42. The quantitative estimate of drug-likeness (QED) is 0.557. The van der Waals surface area contributed by atoms with E-state index in [0.29, 0.717) is 29.6 Å². The van der Waals surface area contributed by atoms with E-state index in [2.05, 4.69) is 14.7 Å². The Morgan fingerprint density at radius 2 is 2.06 bits per heavy atom. The highest BCUT2D eigenvalue weighted by Gasteiger charge is 2.33. The van der Waals surface area contributed by atoms with E-state index in [4.69, 9.17) is 4.74 Å². The van der Waals surface area contributed by atoms with Gasteiger partial charge in [0, 0.05) is 23.2 Å². The van der Waals surface area contributed by atoms with Crippen LogP contribution in [-0.4, -0.2) is 36.8 Å². The van der Waals surface area contributed by atoms with E-state index in [1.807, 2.05) is 60.4 Å². The van der Waals surface area contributed by atoms with E-state index in [1.54, 1.807) is 18.3 Å². The minimum Gasteiger partial charge on any atom is -0.487 e. The Morgan fingerprint density at radius 3 is 2.88 bits per heavy atom. The number of hydrogen-bond acceptors (Lipinski definition) is 7. The van der Waals surface area contributed by atoms with Crippen LogP contribution in [0, 0.1) is 0 Å². The standard InChI is InChI=1S/C24H22N4O4S2/c1-16(17-5-4-7-20(13-17)32-15-19-6-2-3-10-25-19)26-23(29)18-8-9-21-22(14-18)33-24-27-34(30,31)12-11-28(21)24/h2-10,13-14,16H,11-12,15H2,1H3,(H,26,29). The Kier molecular flexibility index (Phi) is 6.01. The van der Waals surface area contributed by atoms with Crippen LogP contribution in [0.5, 0.6) is 5.75 Å². The van der Waals surface area contributed by atoms with Crippen LogP contribution in [-0.2, 0) is 16.6 Å². The first-order chi connectivity index (χ1) is 16.4. The molecule has 5 rings (SSSR count). The van der Waals surface area contributed by atoms with Gasteiger partial charge in [0.2, 0.25) is 0 Å². The zero-order chi connectivity index (χ0) is 23.7. The summed E-state index contributed by atoms with van der Waals surface area (Å²) in [5, 5.41) is 3.46. The number of aromatic nitrogens is 1. The Labute approximate surface area is 202 Å². The number of hydrogen-bond donors (Lipinski definition) is 1. The largest absolute Gasteiger partial charge is 0.487 e. The van der Waals surface area contributed by atoms with E-state index in [-0.39, 0.29) is 17.7 Å². The number of sulfonamides is 1. The molecule has 0 aliphatic carbocycles. The van der Waals surface area contributed by atoms with Crippen LogP contribution in [0.1, 0.15) is 34.6 Å². The highest BCUT2D eigenvalue weighted by molar-refractivity contribution is 8.15. The summed E-state index contributed by atoms with van der Waals surface area (Å²) < 4.78 is 33.3. The van der Waals surface area contributed by atoms with Gasteiger partial charge in [0.05, 0.1) is 23.2 Å².